The first-order valence-corrected chi connectivity index (χ1v) is 7.44. The third-order valence-electron chi connectivity index (χ3n) is 2.46. The van der Waals surface area contributed by atoms with Gasteiger partial charge in [0, 0.05) is 22.5 Å². The first-order chi connectivity index (χ1) is 9.31. The van der Waals surface area contributed by atoms with Crippen molar-refractivity contribution in [1.82, 2.24) is 0 Å². The molecule has 1 aromatic rings. The van der Waals surface area contributed by atoms with Gasteiger partial charge in [-0.05, 0) is 38.1 Å². The van der Waals surface area contributed by atoms with Crippen LogP contribution in [0.5, 0.6) is 0 Å². The smallest absolute Gasteiger partial charge is 0.316 e. The highest BCUT2D eigenvalue weighted by atomic mass is 32.2. The molecular formula is C13H16FNO4S. The molecule has 1 amide bonds. The maximum atomic E-state index is 12.9. The van der Waals surface area contributed by atoms with E-state index < -0.39 is 34.2 Å². The van der Waals surface area contributed by atoms with Gasteiger partial charge < -0.3 is 10.0 Å². The monoisotopic (exact) mass is 301 g/mol. The van der Waals surface area contributed by atoms with Crippen molar-refractivity contribution in [2.45, 2.75) is 19.9 Å². The van der Waals surface area contributed by atoms with Crippen LogP contribution in [0, 0.1) is 5.82 Å². The van der Waals surface area contributed by atoms with Crippen molar-refractivity contribution in [3.05, 3.63) is 30.1 Å². The number of carbonyl (C=O) groups is 2. The van der Waals surface area contributed by atoms with Crippen LogP contribution in [0.3, 0.4) is 0 Å². The summed E-state index contributed by atoms with van der Waals surface area (Å²) in [6, 6.07) is 5.15. The minimum absolute atomic E-state index is 0.213. The zero-order valence-corrected chi connectivity index (χ0v) is 12.0. The van der Waals surface area contributed by atoms with Crippen LogP contribution >= 0.6 is 0 Å². The molecule has 1 rings (SSSR count). The minimum Gasteiger partial charge on any atom is -0.481 e. The molecule has 0 saturated heterocycles. The van der Waals surface area contributed by atoms with Gasteiger partial charge in [-0.2, -0.15) is 0 Å². The van der Waals surface area contributed by atoms with Crippen molar-refractivity contribution in [1.29, 1.82) is 0 Å². The van der Waals surface area contributed by atoms with Gasteiger partial charge in [-0.3, -0.25) is 13.8 Å². The summed E-state index contributed by atoms with van der Waals surface area (Å²) in [5.74, 6) is -3.03. The summed E-state index contributed by atoms with van der Waals surface area (Å²) in [4.78, 5) is 23.9. The molecule has 110 valence electrons. The second kappa shape index (κ2) is 7.14. The van der Waals surface area contributed by atoms with Crippen molar-refractivity contribution in [2.75, 3.05) is 16.4 Å². The summed E-state index contributed by atoms with van der Waals surface area (Å²) < 4.78 is 24.4. The number of amides is 1. The highest BCUT2D eigenvalue weighted by Gasteiger charge is 2.22. The zero-order chi connectivity index (χ0) is 15.3. The molecule has 0 radical (unpaired) electrons. The van der Waals surface area contributed by atoms with E-state index in [1.807, 2.05) is 0 Å². The molecule has 1 N–H and O–H groups in total. The van der Waals surface area contributed by atoms with Crippen LogP contribution in [-0.4, -0.2) is 38.7 Å². The Morgan fingerprint density at radius 1 is 1.25 bits per heavy atom. The number of hydrogen-bond donors (Lipinski definition) is 1. The molecule has 7 heteroatoms. The molecule has 1 atom stereocenters. The van der Waals surface area contributed by atoms with Gasteiger partial charge in [0.05, 0.1) is 0 Å². The lowest BCUT2D eigenvalue weighted by Gasteiger charge is -2.26. The third kappa shape index (κ3) is 4.73. The number of carboxylic acids is 1. The van der Waals surface area contributed by atoms with Crippen LogP contribution in [0.2, 0.25) is 0 Å². The van der Waals surface area contributed by atoms with E-state index in [2.05, 4.69) is 0 Å². The first kappa shape index (κ1) is 16.3. The second-order valence-corrected chi connectivity index (χ2v) is 5.91. The highest BCUT2D eigenvalue weighted by molar-refractivity contribution is 7.86. The van der Waals surface area contributed by atoms with Gasteiger partial charge >= 0.3 is 5.97 Å². The summed E-state index contributed by atoms with van der Waals surface area (Å²) in [6.07, 6.45) is 0. The summed E-state index contributed by atoms with van der Waals surface area (Å²) in [7, 11) is -1.76. The fourth-order valence-corrected chi connectivity index (χ4v) is 2.52. The van der Waals surface area contributed by atoms with E-state index >= 15 is 0 Å². The number of nitrogens with zero attached hydrogens (tertiary/aromatic N) is 1. The van der Waals surface area contributed by atoms with Gasteiger partial charge in [0.15, 0.2) is 0 Å². The van der Waals surface area contributed by atoms with Crippen molar-refractivity contribution < 1.29 is 23.3 Å². The van der Waals surface area contributed by atoms with Gasteiger partial charge in [0.2, 0.25) is 5.91 Å². The third-order valence-corrected chi connectivity index (χ3v) is 3.60. The summed E-state index contributed by atoms with van der Waals surface area (Å²) in [5, 5.41) is 8.53. The number of aliphatic carboxylic acids is 1. The molecule has 0 bridgehead atoms. The fraction of sp³-hybridized carbons (Fsp3) is 0.385. The Bertz CT molecular complexity index is 516. The molecule has 0 spiro atoms. The van der Waals surface area contributed by atoms with Crippen LogP contribution < -0.4 is 4.90 Å². The van der Waals surface area contributed by atoms with Gasteiger partial charge in [-0.15, -0.1) is 0 Å². The van der Waals surface area contributed by atoms with Crippen LogP contribution in [0.25, 0.3) is 0 Å². The Kier molecular flexibility index (Phi) is 5.82. The Labute approximate surface area is 118 Å². The predicted octanol–water partition coefficient (Wildman–Crippen LogP) is 1.40. The standard InChI is InChI=1S/C13H16FNO4S/c1-9(2)15(11-5-3-10(14)4-6-11)12(16)7-20(19)8-13(17)18/h3-6,9H,7-8H2,1-2H3,(H,17,18). The average Bonchev–Trinajstić information content (AvgIpc) is 2.30. The number of carboxylic acid groups (broad SMARTS) is 1. The van der Waals surface area contributed by atoms with Gasteiger partial charge in [-0.25, -0.2) is 4.39 Å². The molecule has 0 fully saturated rings. The van der Waals surface area contributed by atoms with Crippen molar-refractivity contribution >= 4 is 28.4 Å². The molecule has 20 heavy (non-hydrogen) atoms. The Hall–Kier alpha value is -1.76. The predicted molar refractivity (Wildman–Crippen MR) is 74.5 cm³/mol. The van der Waals surface area contributed by atoms with E-state index in [1.54, 1.807) is 13.8 Å². The number of halogens is 1. The van der Waals surface area contributed by atoms with Crippen LogP contribution in [0.15, 0.2) is 24.3 Å². The van der Waals surface area contributed by atoms with Crippen LogP contribution in [0.4, 0.5) is 10.1 Å². The number of anilines is 1. The lowest BCUT2D eigenvalue weighted by atomic mass is 10.2. The summed E-state index contributed by atoms with van der Waals surface area (Å²) in [5.41, 5.74) is 0.485. The lowest BCUT2D eigenvalue weighted by Crippen LogP contribution is -2.40. The Balaban J connectivity index is 2.86. The van der Waals surface area contributed by atoms with E-state index in [-0.39, 0.29) is 11.8 Å². The number of carbonyl (C=O) groups excluding carboxylic acids is 1. The maximum Gasteiger partial charge on any atom is 0.316 e. The summed E-state index contributed by atoms with van der Waals surface area (Å²) in [6.45, 7) is 3.53. The van der Waals surface area contributed by atoms with Gasteiger partial charge in [0.1, 0.15) is 17.3 Å². The lowest BCUT2D eigenvalue weighted by molar-refractivity contribution is -0.133. The average molecular weight is 301 g/mol. The second-order valence-electron chi connectivity index (χ2n) is 4.46. The SMILES string of the molecule is CC(C)N(C(=O)CS(=O)CC(=O)O)c1ccc(F)cc1. The Morgan fingerprint density at radius 2 is 1.80 bits per heavy atom. The van der Waals surface area contributed by atoms with Crippen molar-refractivity contribution in [2.24, 2.45) is 0 Å². The first-order valence-electron chi connectivity index (χ1n) is 5.95. The molecule has 1 aromatic carbocycles. The molecular weight excluding hydrogens is 285 g/mol. The molecule has 0 aliphatic carbocycles. The molecule has 1 unspecified atom stereocenters. The molecule has 0 aliphatic rings. The van der Waals surface area contributed by atoms with E-state index in [4.69, 9.17) is 5.11 Å². The number of hydrogen-bond acceptors (Lipinski definition) is 3. The normalized spacial score (nSPS) is 12.2. The minimum atomic E-state index is -1.76. The maximum absolute atomic E-state index is 12.9. The summed E-state index contributed by atoms with van der Waals surface area (Å²) >= 11 is 0. The van der Waals surface area contributed by atoms with Gasteiger partial charge in [-0.1, -0.05) is 0 Å². The Morgan fingerprint density at radius 3 is 2.25 bits per heavy atom. The number of rotatable bonds is 6. The van der Waals surface area contributed by atoms with E-state index in [1.165, 1.54) is 29.2 Å². The van der Waals surface area contributed by atoms with Crippen LogP contribution in [-0.2, 0) is 20.4 Å². The topological polar surface area (TPSA) is 74.7 Å². The fourth-order valence-electron chi connectivity index (χ4n) is 1.73. The van der Waals surface area contributed by atoms with E-state index in [9.17, 15) is 18.2 Å². The van der Waals surface area contributed by atoms with Gasteiger partial charge in [0.25, 0.3) is 0 Å². The number of benzene rings is 1. The van der Waals surface area contributed by atoms with Crippen LogP contribution in [0.1, 0.15) is 13.8 Å². The molecule has 0 heterocycles. The molecule has 0 aliphatic heterocycles. The molecule has 5 nitrogen and oxygen atoms in total. The van der Waals surface area contributed by atoms with Crippen molar-refractivity contribution in [3.63, 3.8) is 0 Å². The van der Waals surface area contributed by atoms with E-state index in [0.717, 1.165) is 0 Å². The van der Waals surface area contributed by atoms with E-state index in [0.29, 0.717) is 5.69 Å². The quantitative estimate of drug-likeness (QED) is 0.862. The molecule has 0 aromatic heterocycles. The highest BCUT2D eigenvalue weighted by Crippen LogP contribution is 2.18. The zero-order valence-electron chi connectivity index (χ0n) is 11.2. The van der Waals surface area contributed by atoms with Crippen molar-refractivity contribution in [3.8, 4) is 0 Å². The molecule has 0 saturated carbocycles. The largest absolute Gasteiger partial charge is 0.481 e.